The Morgan fingerprint density at radius 3 is 2.62 bits per heavy atom. The van der Waals surface area contributed by atoms with Gasteiger partial charge >= 0.3 is 6.09 Å². The van der Waals surface area contributed by atoms with Crippen molar-refractivity contribution in [3.8, 4) is 0 Å². The molecule has 118 valence electrons. The van der Waals surface area contributed by atoms with Crippen molar-refractivity contribution < 1.29 is 9.53 Å². The van der Waals surface area contributed by atoms with Crippen LogP contribution in [0.1, 0.15) is 51.5 Å². The van der Waals surface area contributed by atoms with Crippen LogP contribution < -0.4 is 10.6 Å². The van der Waals surface area contributed by atoms with Crippen molar-refractivity contribution in [2.75, 3.05) is 5.32 Å². The van der Waals surface area contributed by atoms with Crippen LogP contribution in [0.5, 0.6) is 0 Å². The van der Waals surface area contributed by atoms with Gasteiger partial charge in [0.2, 0.25) is 5.13 Å². The van der Waals surface area contributed by atoms with E-state index in [1.54, 1.807) is 11.3 Å². The fourth-order valence-electron chi connectivity index (χ4n) is 2.46. The smallest absolute Gasteiger partial charge is 0.407 e. The van der Waals surface area contributed by atoms with Crippen molar-refractivity contribution >= 4 is 22.6 Å². The Balaban J connectivity index is 1.82. The number of amides is 1. The summed E-state index contributed by atoms with van der Waals surface area (Å²) in [6, 6.07) is 0.478. The molecular formula is C14H24N4O2S. The molecule has 0 radical (unpaired) electrons. The molecule has 0 aliphatic heterocycles. The van der Waals surface area contributed by atoms with E-state index in [4.69, 9.17) is 4.74 Å². The number of nitrogens with zero attached hydrogens (tertiary/aromatic N) is 2. The number of alkyl carbamates (subject to hydrolysis) is 1. The van der Waals surface area contributed by atoms with E-state index < -0.39 is 5.60 Å². The first-order chi connectivity index (χ1) is 9.82. The molecule has 7 heteroatoms. The van der Waals surface area contributed by atoms with Gasteiger partial charge < -0.3 is 15.4 Å². The number of hydrogen-bond donors (Lipinski definition) is 2. The summed E-state index contributed by atoms with van der Waals surface area (Å²) in [5.74, 6) is 0. The topological polar surface area (TPSA) is 76.1 Å². The molecule has 21 heavy (non-hydrogen) atoms. The second-order valence-corrected chi connectivity index (χ2v) is 7.66. The minimum atomic E-state index is -0.458. The molecule has 0 spiro atoms. The van der Waals surface area contributed by atoms with Gasteiger partial charge in [0.1, 0.15) is 10.6 Å². The Hall–Kier alpha value is -1.37. The molecule has 1 fully saturated rings. The van der Waals surface area contributed by atoms with Gasteiger partial charge in [-0.25, -0.2) is 4.79 Å². The van der Waals surface area contributed by atoms with Crippen molar-refractivity contribution in [2.45, 2.75) is 71.1 Å². The van der Waals surface area contributed by atoms with E-state index in [1.165, 1.54) is 0 Å². The van der Waals surface area contributed by atoms with E-state index in [0.717, 1.165) is 35.8 Å². The predicted molar refractivity (Wildman–Crippen MR) is 83.7 cm³/mol. The molecule has 6 nitrogen and oxygen atoms in total. The van der Waals surface area contributed by atoms with Crippen LogP contribution in [0.15, 0.2) is 0 Å². The number of rotatable bonds is 3. The molecule has 2 rings (SSSR count). The molecule has 1 heterocycles. The Labute approximate surface area is 129 Å². The van der Waals surface area contributed by atoms with Gasteiger partial charge in [0.05, 0.1) is 0 Å². The van der Waals surface area contributed by atoms with Crippen LogP contribution in [0, 0.1) is 6.92 Å². The molecule has 1 saturated carbocycles. The number of ether oxygens (including phenoxy) is 1. The van der Waals surface area contributed by atoms with Crippen LogP contribution in [0.3, 0.4) is 0 Å². The van der Waals surface area contributed by atoms with Crippen molar-refractivity contribution in [2.24, 2.45) is 0 Å². The number of anilines is 1. The summed E-state index contributed by atoms with van der Waals surface area (Å²) >= 11 is 1.56. The third kappa shape index (κ3) is 5.49. The average molecular weight is 312 g/mol. The molecule has 1 aromatic rings. The number of aromatic nitrogens is 2. The fraction of sp³-hybridized carbons (Fsp3) is 0.786. The number of carbonyl (C=O) groups is 1. The highest BCUT2D eigenvalue weighted by Crippen LogP contribution is 2.24. The van der Waals surface area contributed by atoms with Crippen LogP contribution in [-0.2, 0) is 4.74 Å². The van der Waals surface area contributed by atoms with Crippen molar-refractivity contribution in [3.05, 3.63) is 5.01 Å². The van der Waals surface area contributed by atoms with Crippen LogP contribution in [-0.4, -0.2) is 34.0 Å². The lowest BCUT2D eigenvalue weighted by Crippen LogP contribution is -2.43. The Morgan fingerprint density at radius 2 is 2.00 bits per heavy atom. The number of carbonyl (C=O) groups excluding carboxylic acids is 1. The van der Waals surface area contributed by atoms with E-state index in [-0.39, 0.29) is 12.1 Å². The molecule has 2 atom stereocenters. The zero-order chi connectivity index (χ0) is 15.5. The van der Waals surface area contributed by atoms with Gasteiger partial charge in [0, 0.05) is 12.1 Å². The minimum absolute atomic E-state index is 0.153. The summed E-state index contributed by atoms with van der Waals surface area (Å²) in [6.45, 7) is 7.55. The largest absolute Gasteiger partial charge is 0.444 e. The molecule has 2 N–H and O–H groups in total. The molecule has 0 saturated heterocycles. The van der Waals surface area contributed by atoms with E-state index in [9.17, 15) is 4.79 Å². The van der Waals surface area contributed by atoms with Gasteiger partial charge in [0.25, 0.3) is 0 Å². The third-order valence-corrected chi connectivity index (χ3v) is 4.02. The predicted octanol–water partition coefficient (Wildman–Crippen LogP) is 3.09. The quantitative estimate of drug-likeness (QED) is 0.897. The number of hydrogen-bond acceptors (Lipinski definition) is 6. The Bertz CT molecular complexity index is 484. The maximum atomic E-state index is 11.8. The molecule has 1 aromatic heterocycles. The molecule has 0 bridgehead atoms. The molecule has 1 aliphatic carbocycles. The molecule has 1 amide bonds. The summed E-state index contributed by atoms with van der Waals surface area (Å²) in [5.41, 5.74) is -0.458. The zero-order valence-electron chi connectivity index (χ0n) is 13.1. The summed E-state index contributed by atoms with van der Waals surface area (Å²) in [5, 5.41) is 16.3. The lowest BCUT2D eigenvalue weighted by molar-refractivity contribution is 0.0492. The van der Waals surface area contributed by atoms with Crippen LogP contribution >= 0.6 is 11.3 Å². The van der Waals surface area contributed by atoms with Crippen molar-refractivity contribution in [3.63, 3.8) is 0 Å². The summed E-state index contributed by atoms with van der Waals surface area (Å²) in [6.07, 6.45) is 3.71. The van der Waals surface area contributed by atoms with Gasteiger partial charge in [0.15, 0.2) is 0 Å². The van der Waals surface area contributed by atoms with E-state index in [2.05, 4.69) is 20.8 Å². The second kappa shape index (κ2) is 6.60. The Kier molecular flexibility index (Phi) is 5.03. The highest BCUT2D eigenvalue weighted by Gasteiger charge is 2.25. The normalized spacial score (nSPS) is 22.7. The second-order valence-electron chi connectivity index (χ2n) is 6.48. The van der Waals surface area contributed by atoms with Crippen molar-refractivity contribution in [1.82, 2.24) is 15.5 Å². The SMILES string of the molecule is Cc1nnc(NC2CCCC(NC(=O)OC(C)(C)C)C2)s1. The first kappa shape index (κ1) is 16.0. The summed E-state index contributed by atoms with van der Waals surface area (Å²) < 4.78 is 5.31. The zero-order valence-corrected chi connectivity index (χ0v) is 13.9. The molecular weight excluding hydrogens is 288 g/mol. The average Bonchev–Trinajstić information content (AvgIpc) is 2.72. The van der Waals surface area contributed by atoms with E-state index in [1.807, 2.05) is 27.7 Å². The minimum Gasteiger partial charge on any atom is -0.444 e. The first-order valence-corrected chi connectivity index (χ1v) is 8.19. The van der Waals surface area contributed by atoms with Crippen LogP contribution in [0.25, 0.3) is 0 Å². The van der Waals surface area contributed by atoms with Crippen molar-refractivity contribution in [1.29, 1.82) is 0 Å². The van der Waals surface area contributed by atoms with E-state index >= 15 is 0 Å². The van der Waals surface area contributed by atoms with Gasteiger partial charge in [-0.15, -0.1) is 10.2 Å². The highest BCUT2D eigenvalue weighted by atomic mass is 32.1. The molecule has 0 aromatic carbocycles. The lowest BCUT2D eigenvalue weighted by Gasteiger charge is -2.30. The summed E-state index contributed by atoms with van der Waals surface area (Å²) in [4.78, 5) is 11.8. The maximum absolute atomic E-state index is 11.8. The number of nitrogens with one attached hydrogen (secondary N) is 2. The standard InChI is InChI=1S/C14H24N4O2S/c1-9-17-18-12(21-9)15-10-6-5-7-11(8-10)16-13(19)20-14(2,3)4/h10-11H,5-8H2,1-4H3,(H,15,18)(H,16,19). The monoisotopic (exact) mass is 312 g/mol. The van der Waals surface area contributed by atoms with Gasteiger partial charge in [-0.1, -0.05) is 11.3 Å². The van der Waals surface area contributed by atoms with Gasteiger partial charge in [-0.05, 0) is 53.4 Å². The molecule has 1 aliphatic rings. The van der Waals surface area contributed by atoms with Crippen LogP contribution in [0.2, 0.25) is 0 Å². The highest BCUT2D eigenvalue weighted by molar-refractivity contribution is 7.15. The van der Waals surface area contributed by atoms with E-state index in [0.29, 0.717) is 6.04 Å². The summed E-state index contributed by atoms with van der Waals surface area (Å²) in [7, 11) is 0. The molecule has 2 unspecified atom stereocenters. The Morgan fingerprint density at radius 1 is 1.29 bits per heavy atom. The maximum Gasteiger partial charge on any atom is 0.407 e. The van der Waals surface area contributed by atoms with Crippen LogP contribution in [0.4, 0.5) is 9.93 Å². The third-order valence-electron chi connectivity index (χ3n) is 3.25. The van der Waals surface area contributed by atoms with Gasteiger partial charge in [-0.3, -0.25) is 0 Å². The first-order valence-electron chi connectivity index (χ1n) is 7.38. The fourth-order valence-corrected chi connectivity index (χ4v) is 3.12. The lowest BCUT2D eigenvalue weighted by atomic mass is 9.91. The number of aryl methyl sites for hydroxylation is 1. The van der Waals surface area contributed by atoms with Gasteiger partial charge in [-0.2, -0.15) is 0 Å².